The molecular weight excluding hydrogens is 342 g/mol. The van der Waals surface area contributed by atoms with Gasteiger partial charge in [-0.3, -0.25) is 0 Å². The molecule has 0 fully saturated rings. The molecule has 0 heterocycles. The van der Waals surface area contributed by atoms with Gasteiger partial charge in [-0.1, -0.05) is 45.7 Å². The molecule has 0 amide bonds. The van der Waals surface area contributed by atoms with Crippen LogP contribution in [-0.4, -0.2) is 18.1 Å². The van der Waals surface area contributed by atoms with E-state index in [1.807, 2.05) is 36.2 Å². The number of nitrogens with zero attached hydrogens (tertiary/aromatic N) is 1. The number of carboxylic acids is 1. The Morgan fingerprint density at radius 1 is 1.30 bits per heavy atom. The number of aromatic carboxylic acids is 1. The van der Waals surface area contributed by atoms with Crippen LogP contribution in [0.1, 0.15) is 15.9 Å². The van der Waals surface area contributed by atoms with Gasteiger partial charge in [0.15, 0.2) is 0 Å². The van der Waals surface area contributed by atoms with Gasteiger partial charge in [0.2, 0.25) is 0 Å². The van der Waals surface area contributed by atoms with E-state index in [9.17, 15) is 9.90 Å². The normalized spacial score (nSPS) is 10.3. The molecule has 2 rings (SSSR count). The van der Waals surface area contributed by atoms with Crippen LogP contribution in [0.5, 0.6) is 0 Å². The average Bonchev–Trinajstić information content (AvgIpc) is 2.40. The first-order valence-corrected chi connectivity index (χ1v) is 7.13. The zero-order chi connectivity index (χ0) is 14.7. The van der Waals surface area contributed by atoms with Gasteiger partial charge in [0.05, 0.1) is 11.3 Å². The van der Waals surface area contributed by atoms with Crippen LogP contribution in [-0.2, 0) is 6.54 Å². The van der Waals surface area contributed by atoms with E-state index >= 15 is 0 Å². The lowest BCUT2D eigenvalue weighted by molar-refractivity contribution is 0.0697. The highest BCUT2D eigenvalue weighted by Gasteiger charge is 2.14. The zero-order valence-electron chi connectivity index (χ0n) is 10.8. The number of carbonyl (C=O) groups is 1. The molecule has 0 atom stereocenters. The SMILES string of the molecule is CN(Cc1ccccc1Cl)c1cc(Br)ccc1C(=O)O. The van der Waals surface area contributed by atoms with Gasteiger partial charge in [-0.25, -0.2) is 4.79 Å². The first-order valence-electron chi connectivity index (χ1n) is 5.96. The van der Waals surface area contributed by atoms with E-state index in [0.717, 1.165) is 10.0 Å². The van der Waals surface area contributed by atoms with Gasteiger partial charge in [-0.05, 0) is 29.8 Å². The fourth-order valence-electron chi connectivity index (χ4n) is 1.97. The van der Waals surface area contributed by atoms with E-state index in [-0.39, 0.29) is 5.56 Å². The van der Waals surface area contributed by atoms with Crippen molar-refractivity contribution in [1.29, 1.82) is 0 Å². The monoisotopic (exact) mass is 353 g/mol. The Hall–Kier alpha value is -1.52. The molecule has 0 radical (unpaired) electrons. The van der Waals surface area contributed by atoms with E-state index in [4.69, 9.17) is 11.6 Å². The number of anilines is 1. The van der Waals surface area contributed by atoms with Crippen molar-refractivity contribution in [2.45, 2.75) is 6.54 Å². The van der Waals surface area contributed by atoms with Gasteiger partial charge < -0.3 is 10.0 Å². The maximum atomic E-state index is 11.3. The largest absolute Gasteiger partial charge is 0.478 e. The summed E-state index contributed by atoms with van der Waals surface area (Å²) in [6.07, 6.45) is 0. The van der Waals surface area contributed by atoms with Crippen LogP contribution >= 0.6 is 27.5 Å². The molecule has 3 nitrogen and oxygen atoms in total. The average molecular weight is 355 g/mol. The Kier molecular flexibility index (Phi) is 4.68. The maximum absolute atomic E-state index is 11.3. The van der Waals surface area contributed by atoms with Crippen LogP contribution in [0.2, 0.25) is 5.02 Å². The molecule has 0 spiro atoms. The maximum Gasteiger partial charge on any atom is 0.337 e. The summed E-state index contributed by atoms with van der Waals surface area (Å²) in [5.41, 5.74) is 1.86. The summed E-state index contributed by atoms with van der Waals surface area (Å²) in [6, 6.07) is 12.6. The van der Waals surface area contributed by atoms with Crippen LogP contribution in [0.25, 0.3) is 0 Å². The first kappa shape index (κ1) is 14.9. The van der Waals surface area contributed by atoms with Crippen molar-refractivity contribution in [3.8, 4) is 0 Å². The number of hydrogen-bond acceptors (Lipinski definition) is 2. The molecule has 0 saturated carbocycles. The minimum Gasteiger partial charge on any atom is -0.478 e. The predicted octanol–water partition coefficient (Wildman–Crippen LogP) is 4.44. The molecule has 0 aliphatic heterocycles. The van der Waals surface area contributed by atoms with E-state index in [1.54, 1.807) is 18.2 Å². The molecule has 0 aromatic heterocycles. The highest BCUT2D eigenvalue weighted by Crippen LogP contribution is 2.27. The second-order valence-corrected chi connectivity index (χ2v) is 5.74. The quantitative estimate of drug-likeness (QED) is 0.882. The first-order chi connectivity index (χ1) is 9.49. The molecule has 2 aromatic rings. The van der Waals surface area contributed by atoms with Gasteiger partial charge in [0, 0.05) is 23.1 Å². The lowest BCUT2D eigenvalue weighted by Crippen LogP contribution is -2.19. The molecule has 0 unspecified atom stereocenters. The summed E-state index contributed by atoms with van der Waals surface area (Å²) in [5, 5.41) is 9.93. The Labute approximate surface area is 130 Å². The number of halogens is 2. The molecule has 5 heteroatoms. The Morgan fingerprint density at radius 2 is 2.00 bits per heavy atom. The van der Waals surface area contributed by atoms with Gasteiger partial charge in [-0.15, -0.1) is 0 Å². The van der Waals surface area contributed by atoms with E-state index < -0.39 is 5.97 Å². The summed E-state index contributed by atoms with van der Waals surface area (Å²) < 4.78 is 0.837. The molecule has 2 aromatic carbocycles. The Morgan fingerprint density at radius 3 is 2.65 bits per heavy atom. The highest BCUT2D eigenvalue weighted by atomic mass is 79.9. The third-order valence-electron chi connectivity index (χ3n) is 2.97. The van der Waals surface area contributed by atoms with Crippen molar-refractivity contribution in [1.82, 2.24) is 0 Å². The van der Waals surface area contributed by atoms with Crippen LogP contribution in [0.4, 0.5) is 5.69 Å². The van der Waals surface area contributed by atoms with Crippen LogP contribution in [0, 0.1) is 0 Å². The zero-order valence-corrected chi connectivity index (χ0v) is 13.1. The third-order valence-corrected chi connectivity index (χ3v) is 3.83. The molecule has 0 saturated heterocycles. The van der Waals surface area contributed by atoms with Gasteiger partial charge in [-0.2, -0.15) is 0 Å². The highest BCUT2D eigenvalue weighted by molar-refractivity contribution is 9.10. The third kappa shape index (κ3) is 3.32. The molecular formula is C15H13BrClNO2. The van der Waals surface area contributed by atoms with Crippen molar-refractivity contribution >= 4 is 39.2 Å². The van der Waals surface area contributed by atoms with Crippen LogP contribution in [0.3, 0.4) is 0 Å². The topological polar surface area (TPSA) is 40.5 Å². The minimum atomic E-state index is -0.946. The summed E-state index contributed by atoms with van der Waals surface area (Å²) in [7, 11) is 1.84. The molecule has 0 aliphatic rings. The fraction of sp³-hybridized carbons (Fsp3) is 0.133. The van der Waals surface area contributed by atoms with Crippen LogP contribution < -0.4 is 4.90 Å². The van der Waals surface area contributed by atoms with Gasteiger partial charge >= 0.3 is 5.97 Å². The van der Waals surface area contributed by atoms with Crippen molar-refractivity contribution < 1.29 is 9.90 Å². The summed E-state index contributed by atoms with van der Waals surface area (Å²) >= 11 is 9.51. The number of carboxylic acid groups (broad SMARTS) is 1. The Balaban J connectivity index is 2.34. The lowest BCUT2D eigenvalue weighted by Gasteiger charge is -2.22. The van der Waals surface area contributed by atoms with E-state index in [2.05, 4.69) is 15.9 Å². The van der Waals surface area contributed by atoms with Gasteiger partial charge in [0.1, 0.15) is 0 Å². The standard InChI is InChI=1S/C15H13BrClNO2/c1-18(9-10-4-2-3-5-13(10)17)14-8-11(16)6-7-12(14)15(19)20/h2-8H,9H2,1H3,(H,19,20). The van der Waals surface area contributed by atoms with Gasteiger partial charge in [0.25, 0.3) is 0 Å². The molecule has 104 valence electrons. The smallest absolute Gasteiger partial charge is 0.337 e. The molecule has 20 heavy (non-hydrogen) atoms. The van der Waals surface area contributed by atoms with Crippen molar-refractivity contribution in [2.75, 3.05) is 11.9 Å². The van der Waals surface area contributed by atoms with Crippen LogP contribution in [0.15, 0.2) is 46.9 Å². The predicted molar refractivity (Wildman–Crippen MR) is 84.7 cm³/mol. The summed E-state index contributed by atoms with van der Waals surface area (Å²) in [4.78, 5) is 13.2. The second kappa shape index (κ2) is 6.29. The molecule has 0 bridgehead atoms. The minimum absolute atomic E-state index is 0.266. The summed E-state index contributed by atoms with van der Waals surface area (Å²) in [6.45, 7) is 0.538. The second-order valence-electron chi connectivity index (χ2n) is 4.41. The summed E-state index contributed by atoms with van der Waals surface area (Å²) in [5.74, 6) is -0.946. The number of hydrogen-bond donors (Lipinski definition) is 1. The number of rotatable bonds is 4. The molecule has 0 aliphatic carbocycles. The Bertz CT molecular complexity index is 646. The number of benzene rings is 2. The van der Waals surface area contributed by atoms with Crippen molar-refractivity contribution in [2.24, 2.45) is 0 Å². The van der Waals surface area contributed by atoms with Crippen molar-refractivity contribution in [3.63, 3.8) is 0 Å². The van der Waals surface area contributed by atoms with E-state index in [0.29, 0.717) is 17.3 Å². The fourth-order valence-corrected chi connectivity index (χ4v) is 2.51. The molecule has 1 N–H and O–H groups in total. The lowest BCUT2D eigenvalue weighted by atomic mass is 10.1. The van der Waals surface area contributed by atoms with E-state index in [1.165, 1.54) is 0 Å². The van der Waals surface area contributed by atoms with Crippen molar-refractivity contribution in [3.05, 3.63) is 63.1 Å².